The molecule has 0 aliphatic heterocycles. The van der Waals surface area contributed by atoms with Gasteiger partial charge in [-0.25, -0.2) is 9.97 Å². The summed E-state index contributed by atoms with van der Waals surface area (Å²) in [5.74, 6) is 0.585. The molecule has 8 heteroatoms. The second kappa shape index (κ2) is 5.66. The van der Waals surface area contributed by atoms with Gasteiger partial charge in [0.25, 0.3) is 0 Å². The van der Waals surface area contributed by atoms with Crippen LogP contribution in [0.2, 0.25) is 0 Å². The first-order valence-corrected chi connectivity index (χ1v) is 7.30. The van der Waals surface area contributed by atoms with Crippen LogP contribution in [0.25, 0.3) is 10.8 Å². The van der Waals surface area contributed by atoms with Crippen LogP contribution in [0.3, 0.4) is 0 Å². The summed E-state index contributed by atoms with van der Waals surface area (Å²) in [4.78, 5) is 18.7. The molecule has 0 bridgehead atoms. The molecule has 0 N–H and O–H groups in total. The third-order valence-corrected chi connectivity index (χ3v) is 3.98. The Kier molecular flexibility index (Phi) is 3.72. The predicted octanol–water partition coefficient (Wildman–Crippen LogP) is 3.25. The first-order chi connectivity index (χ1) is 10.1. The van der Waals surface area contributed by atoms with Crippen LogP contribution < -0.4 is 0 Å². The maximum Gasteiger partial charge on any atom is 0.344 e. The van der Waals surface area contributed by atoms with Crippen molar-refractivity contribution in [1.82, 2.24) is 14.5 Å². The smallest absolute Gasteiger partial charge is 0.323 e. The summed E-state index contributed by atoms with van der Waals surface area (Å²) in [6, 6.07) is 9.88. The van der Waals surface area contributed by atoms with Crippen molar-refractivity contribution in [3.63, 3.8) is 0 Å². The van der Waals surface area contributed by atoms with Crippen molar-refractivity contribution in [2.75, 3.05) is 0 Å². The number of thiol groups is 1. The summed E-state index contributed by atoms with van der Waals surface area (Å²) in [5, 5.41) is 11.8. The lowest BCUT2D eigenvalue weighted by Gasteiger charge is -2.05. The number of aromatic nitrogens is 3. The van der Waals surface area contributed by atoms with E-state index in [1.54, 1.807) is 6.20 Å². The predicted molar refractivity (Wildman–Crippen MR) is 82.8 cm³/mol. The van der Waals surface area contributed by atoms with E-state index >= 15 is 0 Å². The Morgan fingerprint density at radius 2 is 2.10 bits per heavy atom. The summed E-state index contributed by atoms with van der Waals surface area (Å²) in [5.41, 5.74) is 1.11. The Balaban J connectivity index is 1.97. The van der Waals surface area contributed by atoms with Gasteiger partial charge in [-0.2, -0.15) is 0 Å². The molecule has 0 fully saturated rings. The molecule has 21 heavy (non-hydrogen) atoms. The molecule has 2 aromatic heterocycles. The van der Waals surface area contributed by atoms with Crippen LogP contribution in [-0.2, 0) is 6.54 Å². The molecule has 6 nitrogen and oxygen atoms in total. The van der Waals surface area contributed by atoms with Crippen LogP contribution in [0.4, 0.5) is 5.00 Å². The van der Waals surface area contributed by atoms with E-state index in [1.165, 1.54) is 6.20 Å². The summed E-state index contributed by atoms with van der Waals surface area (Å²) in [6.07, 6.45) is 3.04. The number of benzene rings is 1. The van der Waals surface area contributed by atoms with Gasteiger partial charge in [-0.05, 0) is 16.9 Å². The summed E-state index contributed by atoms with van der Waals surface area (Å²) >= 11 is 5.25. The standard InChI is InChI=1S/C13H10N4O2S2/c18-17(19)11-6-14-13(21-11)12-15-10(20)8-16(12)7-9-4-2-1-3-5-9/h1-6,8,20H,7H2. The SMILES string of the molecule is O=[N+]([O-])c1cnc(-c2nc(S)cn2Cc2ccccc2)s1. The lowest BCUT2D eigenvalue weighted by molar-refractivity contribution is -0.380. The van der Waals surface area contributed by atoms with Gasteiger partial charge >= 0.3 is 5.00 Å². The molecular formula is C13H10N4O2S2. The number of rotatable bonds is 4. The zero-order chi connectivity index (χ0) is 14.8. The van der Waals surface area contributed by atoms with E-state index < -0.39 is 4.92 Å². The molecule has 1 aromatic carbocycles. The van der Waals surface area contributed by atoms with E-state index in [4.69, 9.17) is 0 Å². The molecule has 3 rings (SSSR count). The Hall–Kier alpha value is -2.19. The maximum atomic E-state index is 10.8. The monoisotopic (exact) mass is 318 g/mol. The number of hydrogen-bond acceptors (Lipinski definition) is 6. The molecule has 0 amide bonds. The van der Waals surface area contributed by atoms with Crippen molar-refractivity contribution in [3.05, 3.63) is 58.4 Å². The summed E-state index contributed by atoms with van der Waals surface area (Å²) in [6.45, 7) is 0.608. The van der Waals surface area contributed by atoms with Gasteiger partial charge in [0.1, 0.15) is 11.2 Å². The van der Waals surface area contributed by atoms with Crippen LogP contribution in [-0.4, -0.2) is 19.5 Å². The van der Waals surface area contributed by atoms with Crippen LogP contribution in [0.5, 0.6) is 0 Å². The van der Waals surface area contributed by atoms with Crippen LogP contribution in [0, 0.1) is 10.1 Å². The van der Waals surface area contributed by atoms with E-state index in [0.29, 0.717) is 22.4 Å². The molecular weight excluding hydrogens is 308 g/mol. The van der Waals surface area contributed by atoms with Gasteiger partial charge in [-0.15, -0.1) is 12.6 Å². The average molecular weight is 318 g/mol. The minimum Gasteiger partial charge on any atom is -0.323 e. The first kappa shape index (κ1) is 13.8. The molecule has 3 aromatic rings. The van der Waals surface area contributed by atoms with E-state index in [0.717, 1.165) is 16.9 Å². The van der Waals surface area contributed by atoms with Gasteiger partial charge in [-0.1, -0.05) is 30.3 Å². The Morgan fingerprint density at radius 1 is 1.33 bits per heavy atom. The second-order valence-electron chi connectivity index (χ2n) is 4.30. The zero-order valence-electron chi connectivity index (χ0n) is 10.7. The van der Waals surface area contributed by atoms with Gasteiger partial charge in [0.2, 0.25) is 0 Å². The van der Waals surface area contributed by atoms with Gasteiger partial charge in [0.15, 0.2) is 10.8 Å². The van der Waals surface area contributed by atoms with Crippen molar-refractivity contribution in [1.29, 1.82) is 0 Å². The normalized spacial score (nSPS) is 10.7. The third-order valence-electron chi connectivity index (χ3n) is 2.82. The van der Waals surface area contributed by atoms with Crippen molar-refractivity contribution in [2.45, 2.75) is 11.6 Å². The molecule has 0 aliphatic carbocycles. The minimum absolute atomic E-state index is 0.0000228. The molecule has 0 aliphatic rings. The molecule has 0 atom stereocenters. The number of imidazole rings is 1. The Labute approximate surface area is 129 Å². The van der Waals surface area contributed by atoms with E-state index in [2.05, 4.69) is 22.6 Å². The minimum atomic E-state index is -0.451. The molecule has 0 saturated heterocycles. The lowest BCUT2D eigenvalue weighted by atomic mass is 10.2. The Morgan fingerprint density at radius 3 is 2.76 bits per heavy atom. The molecule has 0 spiro atoms. The molecule has 0 unspecified atom stereocenters. The van der Waals surface area contributed by atoms with Crippen molar-refractivity contribution in [3.8, 4) is 10.8 Å². The van der Waals surface area contributed by atoms with Crippen LogP contribution in [0.1, 0.15) is 5.56 Å². The highest BCUT2D eigenvalue weighted by Gasteiger charge is 2.17. The van der Waals surface area contributed by atoms with Gasteiger partial charge in [-0.3, -0.25) is 10.1 Å². The fourth-order valence-corrected chi connectivity index (χ4v) is 2.90. The van der Waals surface area contributed by atoms with E-state index in [-0.39, 0.29) is 5.00 Å². The number of nitro groups is 1. The first-order valence-electron chi connectivity index (χ1n) is 6.04. The van der Waals surface area contributed by atoms with Crippen LogP contribution >= 0.6 is 24.0 Å². The quantitative estimate of drug-likeness (QED) is 0.455. The van der Waals surface area contributed by atoms with Crippen molar-refractivity contribution in [2.24, 2.45) is 0 Å². The zero-order valence-corrected chi connectivity index (χ0v) is 12.4. The number of thiazole rings is 1. The van der Waals surface area contributed by atoms with Crippen molar-refractivity contribution >= 4 is 29.0 Å². The molecule has 2 heterocycles. The van der Waals surface area contributed by atoms with E-state index in [1.807, 2.05) is 34.9 Å². The summed E-state index contributed by atoms with van der Waals surface area (Å²) in [7, 11) is 0. The lowest BCUT2D eigenvalue weighted by Crippen LogP contribution is -2.00. The molecule has 0 saturated carbocycles. The topological polar surface area (TPSA) is 73.8 Å². The van der Waals surface area contributed by atoms with Crippen LogP contribution in [0.15, 0.2) is 47.8 Å². The third kappa shape index (κ3) is 2.96. The average Bonchev–Trinajstić information content (AvgIpc) is 3.07. The van der Waals surface area contributed by atoms with E-state index in [9.17, 15) is 10.1 Å². The molecule has 106 valence electrons. The maximum absolute atomic E-state index is 10.8. The van der Waals surface area contributed by atoms with Gasteiger partial charge in [0.05, 0.1) is 4.92 Å². The summed E-state index contributed by atoms with van der Waals surface area (Å²) < 4.78 is 1.89. The van der Waals surface area contributed by atoms with Gasteiger partial charge in [0, 0.05) is 12.7 Å². The molecule has 0 radical (unpaired) electrons. The largest absolute Gasteiger partial charge is 0.344 e. The van der Waals surface area contributed by atoms with Gasteiger partial charge < -0.3 is 4.57 Å². The van der Waals surface area contributed by atoms with Crippen molar-refractivity contribution < 1.29 is 4.92 Å². The fourth-order valence-electron chi connectivity index (χ4n) is 1.93. The second-order valence-corrected chi connectivity index (χ2v) is 5.76. The fraction of sp³-hybridized carbons (Fsp3) is 0.0769. The highest BCUT2D eigenvalue weighted by Crippen LogP contribution is 2.30. The number of hydrogen-bond donors (Lipinski definition) is 1. The highest BCUT2D eigenvalue weighted by atomic mass is 32.1. The Bertz CT molecular complexity index is 783. The number of nitrogens with zero attached hydrogens (tertiary/aromatic N) is 4. The highest BCUT2D eigenvalue weighted by molar-refractivity contribution is 7.80.